The first kappa shape index (κ1) is 14.8. The summed E-state index contributed by atoms with van der Waals surface area (Å²) in [5, 5.41) is 3.85. The fourth-order valence-corrected chi connectivity index (χ4v) is 3.03. The molecule has 0 bridgehead atoms. The Hall–Kier alpha value is -1.61. The number of hydrogen-bond donors (Lipinski definition) is 2. The maximum atomic E-state index is 13.7. The van der Waals surface area contributed by atoms with Crippen molar-refractivity contribution in [2.75, 3.05) is 10.5 Å². The Bertz CT molecular complexity index is 745. The predicted molar refractivity (Wildman–Crippen MR) is 77.2 cm³/mol. The smallest absolute Gasteiger partial charge is 0.267 e. The van der Waals surface area contributed by atoms with Gasteiger partial charge in [-0.2, -0.15) is 5.10 Å². The molecule has 1 heterocycles. The van der Waals surface area contributed by atoms with E-state index in [0.29, 0.717) is 11.0 Å². The molecule has 1 aromatic heterocycles. The molecule has 3 N–H and O–H groups in total. The fraction of sp³-hybridized carbons (Fsp3) is 0.182. The van der Waals surface area contributed by atoms with Crippen LogP contribution in [0, 0.1) is 5.82 Å². The first-order chi connectivity index (χ1) is 9.33. The van der Waals surface area contributed by atoms with Gasteiger partial charge in [-0.3, -0.25) is 9.40 Å². The Balaban J connectivity index is 2.38. The highest BCUT2D eigenvalue weighted by Gasteiger charge is 2.22. The minimum Gasteiger partial charge on any atom is -0.381 e. The molecule has 0 spiro atoms. The molecule has 0 amide bonds. The van der Waals surface area contributed by atoms with Crippen LogP contribution in [0.4, 0.5) is 15.9 Å². The number of sulfonamides is 1. The Morgan fingerprint density at radius 3 is 2.75 bits per heavy atom. The lowest BCUT2D eigenvalue weighted by Crippen LogP contribution is -2.14. The van der Waals surface area contributed by atoms with Crippen LogP contribution < -0.4 is 10.5 Å². The van der Waals surface area contributed by atoms with Gasteiger partial charge in [0.15, 0.2) is 5.82 Å². The van der Waals surface area contributed by atoms with E-state index in [0.717, 1.165) is 6.07 Å². The molecule has 1 aromatic carbocycles. The van der Waals surface area contributed by atoms with Crippen molar-refractivity contribution in [1.82, 2.24) is 9.78 Å². The van der Waals surface area contributed by atoms with Crippen LogP contribution in [0.3, 0.4) is 0 Å². The Labute approximate surface area is 124 Å². The van der Waals surface area contributed by atoms with Gasteiger partial charge >= 0.3 is 0 Å². The van der Waals surface area contributed by atoms with Crippen LogP contribution in [0.2, 0.25) is 0 Å². The van der Waals surface area contributed by atoms with E-state index in [-0.39, 0.29) is 16.4 Å². The maximum absolute atomic E-state index is 13.7. The van der Waals surface area contributed by atoms with Gasteiger partial charge in [0.05, 0.1) is 5.69 Å². The Kier molecular flexibility index (Phi) is 4.00. The summed E-state index contributed by atoms with van der Waals surface area (Å²) < 4.78 is 42.0. The monoisotopic (exact) mass is 362 g/mol. The van der Waals surface area contributed by atoms with Crippen molar-refractivity contribution in [1.29, 1.82) is 0 Å². The van der Waals surface area contributed by atoms with Crippen LogP contribution in [-0.2, 0) is 16.6 Å². The highest BCUT2D eigenvalue weighted by Crippen LogP contribution is 2.24. The summed E-state index contributed by atoms with van der Waals surface area (Å²) in [4.78, 5) is -0.179. The van der Waals surface area contributed by atoms with E-state index < -0.39 is 15.8 Å². The summed E-state index contributed by atoms with van der Waals surface area (Å²) >= 11 is 3.09. The van der Waals surface area contributed by atoms with Gasteiger partial charge in [0, 0.05) is 17.2 Å². The third-order valence-corrected chi connectivity index (χ3v) is 4.42. The number of halogens is 2. The summed E-state index contributed by atoms with van der Waals surface area (Å²) in [6.07, 6.45) is 1.30. The van der Waals surface area contributed by atoms with E-state index >= 15 is 0 Å². The summed E-state index contributed by atoms with van der Waals surface area (Å²) in [7, 11) is -3.98. The van der Waals surface area contributed by atoms with Gasteiger partial charge in [-0.1, -0.05) is 15.9 Å². The fourth-order valence-electron chi connectivity index (χ4n) is 1.56. The van der Waals surface area contributed by atoms with Crippen LogP contribution >= 0.6 is 15.9 Å². The zero-order valence-electron chi connectivity index (χ0n) is 10.5. The molecule has 0 atom stereocenters. The van der Waals surface area contributed by atoms with Crippen LogP contribution in [0.15, 0.2) is 33.8 Å². The number of nitrogens with zero attached hydrogens (tertiary/aromatic N) is 2. The van der Waals surface area contributed by atoms with Crippen molar-refractivity contribution in [3.05, 3.63) is 34.7 Å². The molecule has 108 valence electrons. The molecule has 6 nitrogen and oxygen atoms in total. The summed E-state index contributed by atoms with van der Waals surface area (Å²) in [5.41, 5.74) is 5.41. The topological polar surface area (TPSA) is 90.0 Å². The predicted octanol–water partition coefficient (Wildman–Crippen LogP) is 2.19. The number of anilines is 2. The molecular weight excluding hydrogens is 351 g/mol. The SMILES string of the molecule is CCn1cc(S(=O)(=O)Nc2ccc(Br)cc2F)c(N)n1. The van der Waals surface area contributed by atoms with Gasteiger partial charge in [-0.05, 0) is 25.1 Å². The van der Waals surface area contributed by atoms with Crippen molar-refractivity contribution in [2.24, 2.45) is 0 Å². The molecule has 2 aromatic rings. The minimum absolute atomic E-state index is 0.128. The van der Waals surface area contributed by atoms with Crippen LogP contribution in [0.25, 0.3) is 0 Å². The lowest BCUT2D eigenvalue weighted by Gasteiger charge is -2.08. The second kappa shape index (κ2) is 5.41. The number of benzene rings is 1. The largest absolute Gasteiger partial charge is 0.381 e. The first-order valence-corrected chi connectivity index (χ1v) is 7.92. The zero-order valence-corrected chi connectivity index (χ0v) is 12.9. The maximum Gasteiger partial charge on any atom is 0.267 e. The minimum atomic E-state index is -3.98. The average molecular weight is 363 g/mol. The second-order valence-electron chi connectivity index (χ2n) is 3.96. The Morgan fingerprint density at radius 1 is 1.50 bits per heavy atom. The van der Waals surface area contributed by atoms with E-state index in [1.54, 1.807) is 6.92 Å². The van der Waals surface area contributed by atoms with Gasteiger partial charge in [-0.15, -0.1) is 0 Å². The number of hydrogen-bond acceptors (Lipinski definition) is 4. The molecule has 0 aliphatic heterocycles. The van der Waals surface area contributed by atoms with Crippen molar-refractivity contribution < 1.29 is 12.8 Å². The molecule has 9 heteroatoms. The van der Waals surface area contributed by atoms with Gasteiger partial charge in [0.2, 0.25) is 0 Å². The third kappa shape index (κ3) is 2.93. The van der Waals surface area contributed by atoms with Crippen molar-refractivity contribution >= 4 is 37.5 Å². The summed E-state index contributed by atoms with van der Waals surface area (Å²) in [5.74, 6) is -0.818. The average Bonchev–Trinajstić information content (AvgIpc) is 2.75. The zero-order chi connectivity index (χ0) is 14.9. The standard InChI is InChI=1S/C11H12BrFN4O2S/c1-2-17-6-10(11(14)15-17)20(18,19)16-9-4-3-7(12)5-8(9)13/h3-6,16H,2H2,1H3,(H2,14,15). The van der Waals surface area contributed by atoms with Gasteiger partial charge in [0.1, 0.15) is 10.7 Å². The molecule has 20 heavy (non-hydrogen) atoms. The quantitative estimate of drug-likeness (QED) is 0.871. The van der Waals surface area contributed by atoms with Crippen LogP contribution in [0.1, 0.15) is 6.92 Å². The van der Waals surface area contributed by atoms with Gasteiger partial charge in [0.25, 0.3) is 10.0 Å². The second-order valence-corrected chi connectivity index (χ2v) is 6.53. The van der Waals surface area contributed by atoms with Gasteiger partial charge in [-0.25, -0.2) is 12.8 Å². The van der Waals surface area contributed by atoms with E-state index in [4.69, 9.17) is 5.73 Å². The highest BCUT2D eigenvalue weighted by atomic mass is 79.9. The normalized spacial score (nSPS) is 11.6. The number of aryl methyl sites for hydroxylation is 1. The van der Waals surface area contributed by atoms with Crippen molar-refractivity contribution in [2.45, 2.75) is 18.4 Å². The van der Waals surface area contributed by atoms with Crippen molar-refractivity contribution in [3.8, 4) is 0 Å². The van der Waals surface area contributed by atoms with E-state index in [1.807, 2.05) is 0 Å². The van der Waals surface area contributed by atoms with Gasteiger partial charge < -0.3 is 5.73 Å². The molecule has 2 rings (SSSR count). The molecule has 0 fully saturated rings. The van der Waals surface area contributed by atoms with E-state index in [2.05, 4.69) is 25.8 Å². The molecule has 0 radical (unpaired) electrons. The highest BCUT2D eigenvalue weighted by molar-refractivity contribution is 9.10. The van der Waals surface area contributed by atoms with Crippen molar-refractivity contribution in [3.63, 3.8) is 0 Å². The number of nitrogens with two attached hydrogens (primary N) is 1. The molecule has 0 saturated carbocycles. The van der Waals surface area contributed by atoms with Crippen LogP contribution in [0.5, 0.6) is 0 Å². The number of nitrogen functional groups attached to an aromatic ring is 1. The molecule has 0 aliphatic rings. The number of aromatic nitrogens is 2. The van der Waals surface area contributed by atoms with Crippen LogP contribution in [-0.4, -0.2) is 18.2 Å². The molecule has 0 saturated heterocycles. The van der Waals surface area contributed by atoms with E-state index in [9.17, 15) is 12.8 Å². The van der Waals surface area contributed by atoms with E-state index in [1.165, 1.54) is 23.0 Å². The molecule has 0 unspecified atom stereocenters. The number of rotatable bonds is 4. The number of nitrogens with one attached hydrogen (secondary N) is 1. The summed E-state index contributed by atoms with van der Waals surface area (Å²) in [6, 6.07) is 4.01. The first-order valence-electron chi connectivity index (χ1n) is 5.64. The lowest BCUT2D eigenvalue weighted by atomic mass is 10.3. The lowest BCUT2D eigenvalue weighted by molar-refractivity contribution is 0.598. The summed E-state index contributed by atoms with van der Waals surface area (Å²) in [6.45, 7) is 2.27. The molecular formula is C11H12BrFN4O2S. The third-order valence-electron chi connectivity index (χ3n) is 2.54. The molecule has 0 aliphatic carbocycles. The Morgan fingerprint density at radius 2 is 2.20 bits per heavy atom.